The predicted molar refractivity (Wildman–Crippen MR) is 77.8 cm³/mol. The topological polar surface area (TPSA) is 88.5 Å². The predicted octanol–water partition coefficient (Wildman–Crippen LogP) is 1.88. The smallest absolute Gasteiger partial charge is 0.329 e. The van der Waals surface area contributed by atoms with E-state index in [1.807, 2.05) is 0 Å². The first-order valence-corrected chi connectivity index (χ1v) is 6.79. The van der Waals surface area contributed by atoms with Crippen molar-refractivity contribution in [2.45, 2.75) is 46.3 Å². The first-order chi connectivity index (χ1) is 9.61. The number of aromatic hydroxyl groups is 1. The molecule has 1 amide bonds. The number of nitrogens with zero attached hydrogens (tertiary/aromatic N) is 1. The van der Waals surface area contributed by atoms with Gasteiger partial charge >= 0.3 is 5.97 Å². The van der Waals surface area contributed by atoms with Crippen LogP contribution in [0, 0.1) is 5.92 Å². The van der Waals surface area contributed by atoms with Crippen LogP contribution in [0.5, 0.6) is 5.75 Å². The Morgan fingerprint density at radius 1 is 1.33 bits per heavy atom. The Labute approximate surface area is 124 Å². The van der Waals surface area contributed by atoms with Gasteiger partial charge in [0.2, 0.25) is 0 Å². The summed E-state index contributed by atoms with van der Waals surface area (Å²) in [4.78, 5) is 28.1. The van der Waals surface area contributed by atoms with Crippen LogP contribution in [0.1, 0.15) is 45.1 Å². The second-order valence-corrected chi connectivity index (χ2v) is 6.10. The molecule has 1 heterocycles. The zero-order valence-electron chi connectivity index (χ0n) is 13.0. The summed E-state index contributed by atoms with van der Waals surface area (Å²) in [6.45, 7) is 8.87. The number of carbonyl (C=O) groups is 2. The first kappa shape index (κ1) is 16.9. The lowest BCUT2D eigenvalue weighted by molar-refractivity contribution is -0.158. The van der Waals surface area contributed by atoms with Crippen molar-refractivity contribution in [3.05, 3.63) is 24.0 Å². The van der Waals surface area contributed by atoms with E-state index in [0.717, 1.165) is 0 Å². The molecule has 6 nitrogen and oxygen atoms in total. The summed E-state index contributed by atoms with van der Waals surface area (Å²) in [7, 11) is 0. The second-order valence-electron chi connectivity index (χ2n) is 6.10. The number of hydrogen-bond acceptors (Lipinski definition) is 5. The van der Waals surface area contributed by atoms with Crippen molar-refractivity contribution in [2.24, 2.45) is 5.92 Å². The Morgan fingerprint density at radius 3 is 2.43 bits per heavy atom. The minimum absolute atomic E-state index is 0.119. The number of aromatic nitrogens is 1. The molecule has 0 fully saturated rings. The minimum atomic E-state index is -0.807. The van der Waals surface area contributed by atoms with E-state index in [4.69, 9.17) is 4.74 Å². The van der Waals surface area contributed by atoms with Gasteiger partial charge in [-0.3, -0.25) is 4.79 Å². The molecule has 0 unspecified atom stereocenters. The van der Waals surface area contributed by atoms with E-state index in [9.17, 15) is 14.7 Å². The summed E-state index contributed by atoms with van der Waals surface area (Å²) in [5.41, 5.74) is -0.756. The Bertz CT molecular complexity index is 521. The molecule has 0 radical (unpaired) electrons. The van der Waals surface area contributed by atoms with Gasteiger partial charge in [0.15, 0.2) is 5.69 Å². The van der Waals surface area contributed by atoms with E-state index in [1.54, 1.807) is 34.6 Å². The van der Waals surface area contributed by atoms with Crippen molar-refractivity contribution < 1.29 is 19.4 Å². The van der Waals surface area contributed by atoms with Crippen LogP contribution in [0.3, 0.4) is 0 Å². The fraction of sp³-hybridized carbons (Fsp3) is 0.533. The monoisotopic (exact) mass is 294 g/mol. The Hall–Kier alpha value is -2.11. The molecule has 6 heteroatoms. The van der Waals surface area contributed by atoms with Gasteiger partial charge in [0, 0.05) is 6.20 Å². The van der Waals surface area contributed by atoms with Crippen LogP contribution in [0.2, 0.25) is 0 Å². The summed E-state index contributed by atoms with van der Waals surface area (Å²) < 4.78 is 5.29. The fourth-order valence-electron chi connectivity index (χ4n) is 1.64. The van der Waals surface area contributed by atoms with Gasteiger partial charge in [-0.2, -0.15) is 0 Å². The summed E-state index contributed by atoms with van der Waals surface area (Å²) >= 11 is 0. The van der Waals surface area contributed by atoms with Crippen LogP contribution in [0.25, 0.3) is 0 Å². The summed E-state index contributed by atoms with van der Waals surface area (Å²) in [6.07, 6.45) is 1.40. The lowest BCUT2D eigenvalue weighted by atomic mass is 10.0. The van der Waals surface area contributed by atoms with Crippen molar-refractivity contribution in [3.8, 4) is 5.75 Å². The van der Waals surface area contributed by atoms with Crippen LogP contribution < -0.4 is 5.32 Å². The lowest BCUT2D eigenvalue weighted by Gasteiger charge is -2.26. The van der Waals surface area contributed by atoms with E-state index >= 15 is 0 Å². The third-order valence-corrected chi connectivity index (χ3v) is 2.62. The van der Waals surface area contributed by atoms with Gasteiger partial charge in [0.25, 0.3) is 5.91 Å². The zero-order valence-corrected chi connectivity index (χ0v) is 13.0. The zero-order chi connectivity index (χ0) is 16.2. The van der Waals surface area contributed by atoms with Gasteiger partial charge in [-0.15, -0.1) is 0 Å². The van der Waals surface area contributed by atoms with Gasteiger partial charge in [0.1, 0.15) is 17.4 Å². The van der Waals surface area contributed by atoms with E-state index in [2.05, 4.69) is 10.3 Å². The van der Waals surface area contributed by atoms with Crippen molar-refractivity contribution in [1.82, 2.24) is 10.3 Å². The Kier molecular flexibility index (Phi) is 5.29. The Morgan fingerprint density at radius 2 is 1.95 bits per heavy atom. The molecule has 0 aliphatic heterocycles. The quantitative estimate of drug-likeness (QED) is 0.828. The number of ether oxygens (including phenoxy) is 1. The van der Waals surface area contributed by atoms with Crippen molar-refractivity contribution >= 4 is 11.9 Å². The molecule has 0 saturated heterocycles. The SMILES string of the molecule is CC(C)[C@H](NC(=O)c1ncccc1O)C(=O)OC(C)(C)C. The highest BCUT2D eigenvalue weighted by Gasteiger charge is 2.30. The molecular weight excluding hydrogens is 272 g/mol. The third kappa shape index (κ3) is 5.06. The molecule has 21 heavy (non-hydrogen) atoms. The standard InChI is InChI=1S/C15H22N2O4/c1-9(2)11(14(20)21-15(3,4)5)17-13(19)12-10(18)7-6-8-16-12/h6-9,11,18H,1-5H3,(H,17,19)/t11-/m0/s1. The number of rotatable bonds is 4. The number of amides is 1. The van der Waals surface area contributed by atoms with Crippen molar-refractivity contribution in [3.63, 3.8) is 0 Å². The highest BCUT2D eigenvalue weighted by Crippen LogP contribution is 2.15. The molecule has 2 N–H and O–H groups in total. The van der Waals surface area contributed by atoms with E-state index in [-0.39, 0.29) is 17.4 Å². The number of carbonyl (C=O) groups excluding carboxylic acids is 2. The molecule has 0 aliphatic rings. The number of hydrogen-bond donors (Lipinski definition) is 2. The largest absolute Gasteiger partial charge is 0.505 e. The van der Waals surface area contributed by atoms with Crippen LogP contribution in [-0.4, -0.2) is 33.6 Å². The van der Waals surface area contributed by atoms with Crippen LogP contribution in [0.15, 0.2) is 18.3 Å². The van der Waals surface area contributed by atoms with Crippen LogP contribution >= 0.6 is 0 Å². The van der Waals surface area contributed by atoms with E-state index < -0.39 is 23.5 Å². The highest BCUT2D eigenvalue weighted by atomic mass is 16.6. The van der Waals surface area contributed by atoms with Crippen molar-refractivity contribution in [1.29, 1.82) is 0 Å². The van der Waals surface area contributed by atoms with Crippen LogP contribution in [-0.2, 0) is 9.53 Å². The molecule has 0 bridgehead atoms. The number of nitrogens with one attached hydrogen (secondary N) is 1. The maximum Gasteiger partial charge on any atom is 0.329 e. The van der Waals surface area contributed by atoms with Crippen molar-refractivity contribution in [2.75, 3.05) is 0 Å². The number of esters is 1. The summed E-state index contributed by atoms with van der Waals surface area (Å²) in [5.74, 6) is -1.52. The van der Waals surface area contributed by atoms with Gasteiger partial charge in [-0.25, -0.2) is 9.78 Å². The average Bonchev–Trinajstić information content (AvgIpc) is 2.33. The van der Waals surface area contributed by atoms with Gasteiger partial charge in [-0.05, 0) is 38.8 Å². The van der Waals surface area contributed by atoms with Gasteiger partial charge < -0.3 is 15.2 Å². The van der Waals surface area contributed by atoms with Gasteiger partial charge in [-0.1, -0.05) is 13.8 Å². The molecule has 1 rings (SSSR count). The molecule has 0 spiro atoms. The second kappa shape index (κ2) is 6.56. The Balaban J connectivity index is 2.87. The molecular formula is C15H22N2O4. The van der Waals surface area contributed by atoms with Gasteiger partial charge in [0.05, 0.1) is 0 Å². The summed E-state index contributed by atoms with van der Waals surface area (Å²) in [6, 6.07) is 2.07. The molecule has 0 saturated carbocycles. The molecule has 1 aromatic rings. The average molecular weight is 294 g/mol. The summed E-state index contributed by atoms with van der Waals surface area (Å²) in [5, 5.41) is 12.2. The molecule has 1 atom stereocenters. The fourth-order valence-corrected chi connectivity index (χ4v) is 1.64. The molecule has 1 aromatic heterocycles. The molecule has 116 valence electrons. The lowest BCUT2D eigenvalue weighted by Crippen LogP contribution is -2.47. The van der Waals surface area contributed by atoms with Crippen LogP contribution in [0.4, 0.5) is 0 Å². The third-order valence-electron chi connectivity index (χ3n) is 2.62. The molecule has 0 aliphatic carbocycles. The van der Waals surface area contributed by atoms with E-state index in [1.165, 1.54) is 18.3 Å². The minimum Gasteiger partial charge on any atom is -0.505 e. The maximum atomic E-state index is 12.1. The normalized spacial score (nSPS) is 12.9. The highest BCUT2D eigenvalue weighted by molar-refractivity contribution is 5.97. The van der Waals surface area contributed by atoms with E-state index in [0.29, 0.717) is 0 Å². The first-order valence-electron chi connectivity index (χ1n) is 6.79. The maximum absolute atomic E-state index is 12.1. The molecule has 0 aromatic carbocycles. The number of pyridine rings is 1.